The van der Waals surface area contributed by atoms with E-state index in [1.807, 2.05) is 5.32 Å². The Hall–Kier alpha value is -1.91. The number of carbonyl (C=O) groups is 3. The van der Waals surface area contributed by atoms with Crippen LogP contribution < -0.4 is 5.32 Å². The number of hydrogen-bond acceptors (Lipinski definition) is 4. The molecule has 1 N–H and O–H groups in total. The lowest BCUT2D eigenvalue weighted by molar-refractivity contribution is -0.134. The quantitative estimate of drug-likeness (QED) is 0.339. The fourth-order valence-electron chi connectivity index (χ4n) is 0.439. The molecule has 0 atom stereocenters. The van der Waals surface area contributed by atoms with Crippen molar-refractivity contribution in [3.63, 3.8) is 0 Å². The zero-order valence-electron chi connectivity index (χ0n) is 7.07. The van der Waals surface area contributed by atoms with E-state index < -0.39 is 5.97 Å². The van der Waals surface area contributed by atoms with Crippen LogP contribution in [-0.2, 0) is 19.1 Å². The van der Waals surface area contributed by atoms with Crippen molar-refractivity contribution in [1.29, 1.82) is 0 Å². The summed E-state index contributed by atoms with van der Waals surface area (Å²) in [6, 6.07) is 0. The maximum atomic E-state index is 10.0. The molecule has 2 amide bonds. The van der Waals surface area contributed by atoms with Crippen LogP contribution in [0.3, 0.4) is 0 Å². The van der Waals surface area contributed by atoms with E-state index in [0.717, 1.165) is 6.08 Å². The third kappa shape index (κ3) is 5.37. The first-order chi connectivity index (χ1) is 6.10. The lowest BCUT2D eigenvalue weighted by Gasteiger charge is -1.83. The van der Waals surface area contributed by atoms with Crippen molar-refractivity contribution < 1.29 is 19.1 Å². The number of ether oxygens (including phenoxy) is 1. The van der Waals surface area contributed by atoms with Crippen LogP contribution in [0.25, 0.3) is 0 Å². The largest absolute Gasteiger partial charge is 0.466 e. The second kappa shape index (κ2) is 5.70. The fraction of sp³-hybridized carbons (Fsp3) is 0.125. The van der Waals surface area contributed by atoms with Crippen molar-refractivity contribution in [1.82, 2.24) is 5.32 Å². The third-order valence-electron chi connectivity index (χ3n) is 1.00. The van der Waals surface area contributed by atoms with E-state index in [-0.39, 0.29) is 11.8 Å². The molecule has 5 heteroatoms. The minimum absolute atomic E-state index is 0.329. The molecule has 0 saturated carbocycles. The molecule has 0 aromatic rings. The van der Waals surface area contributed by atoms with Crippen molar-refractivity contribution in [2.45, 2.75) is 0 Å². The molecule has 0 saturated heterocycles. The number of amides is 2. The van der Waals surface area contributed by atoms with E-state index in [1.54, 1.807) is 0 Å². The molecule has 1 aliphatic rings. The van der Waals surface area contributed by atoms with Gasteiger partial charge in [0.25, 0.3) is 11.8 Å². The van der Waals surface area contributed by atoms with Gasteiger partial charge in [-0.25, -0.2) is 4.79 Å². The average molecular weight is 183 g/mol. The standard InChI is InChI=1S/C4H3NO2.C4H6O2/c6-3-1-2-4(7)5-3;1-3-4(5)6-2/h1-2H,(H,5,6,7);3H,1H2,2H3. The number of hydrogen-bond donors (Lipinski definition) is 1. The molecule has 70 valence electrons. The van der Waals surface area contributed by atoms with Crippen molar-refractivity contribution in [3.8, 4) is 0 Å². The lowest BCUT2D eigenvalue weighted by Crippen LogP contribution is -2.19. The summed E-state index contributed by atoms with van der Waals surface area (Å²) in [4.78, 5) is 29.9. The summed E-state index contributed by atoms with van der Waals surface area (Å²) in [6.45, 7) is 3.16. The highest BCUT2D eigenvalue weighted by molar-refractivity contribution is 6.12. The average Bonchev–Trinajstić information content (AvgIpc) is 2.49. The Morgan fingerprint density at radius 2 is 1.92 bits per heavy atom. The SMILES string of the molecule is C=CC(=O)OC.O=C1C=CC(=O)N1. The van der Waals surface area contributed by atoms with E-state index >= 15 is 0 Å². The van der Waals surface area contributed by atoms with Gasteiger partial charge in [-0.15, -0.1) is 0 Å². The maximum absolute atomic E-state index is 10.0. The summed E-state index contributed by atoms with van der Waals surface area (Å²) in [5.41, 5.74) is 0. The van der Waals surface area contributed by atoms with E-state index in [2.05, 4.69) is 11.3 Å². The number of carbonyl (C=O) groups excluding carboxylic acids is 3. The van der Waals surface area contributed by atoms with Gasteiger partial charge in [0.05, 0.1) is 7.11 Å². The number of methoxy groups -OCH3 is 1. The number of nitrogens with one attached hydrogen (secondary N) is 1. The van der Waals surface area contributed by atoms with E-state index in [1.165, 1.54) is 19.3 Å². The molecule has 0 spiro atoms. The monoisotopic (exact) mass is 183 g/mol. The minimum Gasteiger partial charge on any atom is -0.466 e. The molecule has 5 nitrogen and oxygen atoms in total. The van der Waals surface area contributed by atoms with Gasteiger partial charge in [-0.05, 0) is 0 Å². The molecule has 0 unspecified atom stereocenters. The predicted molar refractivity (Wildman–Crippen MR) is 44.5 cm³/mol. The molecule has 1 rings (SSSR count). The molecule has 1 heterocycles. The van der Waals surface area contributed by atoms with Crippen molar-refractivity contribution in [2.75, 3.05) is 7.11 Å². The Balaban J connectivity index is 0.000000226. The van der Waals surface area contributed by atoms with Gasteiger partial charge < -0.3 is 4.74 Å². The topological polar surface area (TPSA) is 72.5 Å². The summed E-state index contributed by atoms with van der Waals surface area (Å²) >= 11 is 0. The zero-order valence-corrected chi connectivity index (χ0v) is 7.07. The van der Waals surface area contributed by atoms with Gasteiger partial charge in [0, 0.05) is 18.2 Å². The van der Waals surface area contributed by atoms with E-state index in [0.29, 0.717) is 0 Å². The van der Waals surface area contributed by atoms with E-state index in [9.17, 15) is 14.4 Å². The molecule has 0 aromatic heterocycles. The molecular formula is C8H9NO4. The van der Waals surface area contributed by atoms with Crippen molar-refractivity contribution >= 4 is 17.8 Å². The summed E-state index contributed by atoms with van der Waals surface area (Å²) in [6.07, 6.45) is 3.50. The van der Waals surface area contributed by atoms with Gasteiger partial charge in [-0.2, -0.15) is 0 Å². The van der Waals surface area contributed by atoms with Crippen LogP contribution in [0.2, 0.25) is 0 Å². The Morgan fingerprint density at radius 3 is 2.00 bits per heavy atom. The summed E-state index contributed by atoms with van der Waals surface area (Å²) in [5.74, 6) is -1.05. The highest BCUT2D eigenvalue weighted by atomic mass is 16.5. The van der Waals surface area contributed by atoms with Crippen molar-refractivity contribution in [2.24, 2.45) is 0 Å². The summed E-state index contributed by atoms with van der Waals surface area (Å²) in [5, 5.41) is 2.03. The second-order valence-corrected chi connectivity index (χ2v) is 1.91. The summed E-state index contributed by atoms with van der Waals surface area (Å²) in [7, 11) is 1.31. The Morgan fingerprint density at radius 1 is 1.46 bits per heavy atom. The van der Waals surface area contributed by atoms with Crippen molar-refractivity contribution in [3.05, 3.63) is 24.8 Å². The van der Waals surface area contributed by atoms with Crippen LogP contribution in [0, 0.1) is 0 Å². The molecule has 0 radical (unpaired) electrons. The highest BCUT2D eigenvalue weighted by Gasteiger charge is 2.06. The molecule has 1 aliphatic heterocycles. The first-order valence-corrected chi connectivity index (χ1v) is 3.33. The van der Waals surface area contributed by atoms with E-state index in [4.69, 9.17) is 0 Å². The predicted octanol–water partition coefficient (Wildman–Crippen LogP) is -0.456. The van der Waals surface area contributed by atoms with Crippen LogP contribution in [0.1, 0.15) is 0 Å². The maximum Gasteiger partial charge on any atom is 0.329 e. The minimum atomic E-state index is -0.394. The smallest absolute Gasteiger partial charge is 0.329 e. The Labute approximate surface area is 75.1 Å². The zero-order chi connectivity index (χ0) is 10.3. The van der Waals surface area contributed by atoms with Gasteiger partial charge in [0.15, 0.2) is 0 Å². The van der Waals surface area contributed by atoms with Crippen LogP contribution in [0.15, 0.2) is 24.8 Å². The Kier molecular flexibility index (Phi) is 4.87. The molecule has 13 heavy (non-hydrogen) atoms. The second-order valence-electron chi connectivity index (χ2n) is 1.91. The first-order valence-electron chi connectivity index (χ1n) is 3.33. The van der Waals surface area contributed by atoms with Gasteiger partial charge >= 0.3 is 5.97 Å². The van der Waals surface area contributed by atoms with Gasteiger partial charge in [-0.1, -0.05) is 6.58 Å². The molecule has 0 bridgehead atoms. The van der Waals surface area contributed by atoms with Crippen LogP contribution in [0.4, 0.5) is 0 Å². The normalized spacial score (nSPS) is 12.7. The van der Waals surface area contributed by atoms with Gasteiger partial charge in [-0.3, -0.25) is 14.9 Å². The molecule has 0 fully saturated rings. The number of esters is 1. The number of rotatable bonds is 1. The third-order valence-corrected chi connectivity index (χ3v) is 1.00. The van der Waals surface area contributed by atoms with Gasteiger partial charge in [0.1, 0.15) is 0 Å². The highest BCUT2D eigenvalue weighted by Crippen LogP contribution is 1.82. The van der Waals surface area contributed by atoms with Crippen LogP contribution >= 0.6 is 0 Å². The van der Waals surface area contributed by atoms with Crippen LogP contribution in [-0.4, -0.2) is 24.9 Å². The Bertz CT molecular complexity index is 251. The first kappa shape index (κ1) is 11.1. The lowest BCUT2D eigenvalue weighted by atomic mass is 10.6. The molecule has 0 aliphatic carbocycles. The molecule has 0 aromatic carbocycles. The van der Waals surface area contributed by atoms with Gasteiger partial charge in [0.2, 0.25) is 0 Å². The van der Waals surface area contributed by atoms with Crippen LogP contribution in [0.5, 0.6) is 0 Å². The molecular weight excluding hydrogens is 174 g/mol. The summed E-state index contributed by atoms with van der Waals surface area (Å²) < 4.78 is 4.14. The fourth-order valence-corrected chi connectivity index (χ4v) is 0.439. The number of imide groups is 1.